The molecule has 0 atom stereocenters. The third-order valence-electron chi connectivity index (χ3n) is 2.91. The Balaban J connectivity index is 0.00000147. The molecule has 0 aliphatic rings. The average Bonchev–Trinajstić information content (AvgIpc) is 2.66. The fourth-order valence-electron chi connectivity index (χ4n) is 1.99. The monoisotopic (exact) mass is 309 g/mol. The SMILES string of the molecule is Cl.Cn1c(N)nc2cc(Nc3cccnc3)cc(Cl)c21. The molecule has 0 fully saturated rings. The van der Waals surface area contributed by atoms with Gasteiger partial charge in [-0.2, -0.15) is 0 Å². The first-order chi connectivity index (χ1) is 9.15. The van der Waals surface area contributed by atoms with E-state index in [1.165, 1.54) is 0 Å². The van der Waals surface area contributed by atoms with Gasteiger partial charge in [-0.25, -0.2) is 4.98 Å². The molecular formula is C13H13Cl2N5. The summed E-state index contributed by atoms with van der Waals surface area (Å²) in [6.07, 6.45) is 3.46. The van der Waals surface area contributed by atoms with Crippen LogP contribution in [0.25, 0.3) is 11.0 Å². The quantitative estimate of drug-likeness (QED) is 0.761. The van der Waals surface area contributed by atoms with Crippen LogP contribution in [0.15, 0.2) is 36.7 Å². The molecule has 5 nitrogen and oxygen atoms in total. The molecule has 0 aliphatic carbocycles. The number of nitrogen functional groups attached to an aromatic ring is 1. The maximum atomic E-state index is 6.28. The average molecular weight is 310 g/mol. The Morgan fingerprint density at radius 1 is 1.30 bits per heavy atom. The molecule has 1 aromatic carbocycles. The summed E-state index contributed by atoms with van der Waals surface area (Å²) in [4.78, 5) is 8.33. The minimum absolute atomic E-state index is 0. The number of nitrogens with one attached hydrogen (secondary N) is 1. The van der Waals surface area contributed by atoms with Crippen LogP contribution < -0.4 is 11.1 Å². The van der Waals surface area contributed by atoms with Crippen molar-refractivity contribution in [1.29, 1.82) is 0 Å². The number of imidazole rings is 1. The number of nitrogens with zero attached hydrogens (tertiary/aromatic N) is 3. The molecule has 0 amide bonds. The molecule has 0 spiro atoms. The van der Waals surface area contributed by atoms with Gasteiger partial charge in [0.1, 0.15) is 0 Å². The second-order valence-corrected chi connectivity index (χ2v) is 4.63. The lowest BCUT2D eigenvalue weighted by Gasteiger charge is -2.07. The second-order valence-electron chi connectivity index (χ2n) is 4.22. The Labute approximate surface area is 127 Å². The summed E-state index contributed by atoms with van der Waals surface area (Å²) in [6.45, 7) is 0. The molecule has 104 valence electrons. The van der Waals surface area contributed by atoms with Crippen LogP contribution in [-0.4, -0.2) is 14.5 Å². The van der Waals surface area contributed by atoms with Gasteiger partial charge in [0.05, 0.1) is 27.9 Å². The fourth-order valence-corrected chi connectivity index (χ4v) is 2.33. The minimum atomic E-state index is 0. The first kappa shape index (κ1) is 14.4. The van der Waals surface area contributed by atoms with E-state index in [2.05, 4.69) is 15.3 Å². The molecule has 7 heteroatoms. The van der Waals surface area contributed by atoms with Crippen molar-refractivity contribution >= 4 is 52.4 Å². The van der Waals surface area contributed by atoms with Crippen molar-refractivity contribution in [3.05, 3.63) is 41.7 Å². The normalized spacial score (nSPS) is 10.3. The second kappa shape index (κ2) is 5.56. The molecule has 0 saturated heterocycles. The van der Waals surface area contributed by atoms with Crippen molar-refractivity contribution in [2.45, 2.75) is 0 Å². The standard InChI is InChI=1S/C13H12ClN5.ClH/c1-19-12-10(14)5-9(6-11(12)18-13(19)15)17-8-3-2-4-16-7-8;/h2-7,17H,1H3,(H2,15,18);1H. The predicted molar refractivity (Wildman–Crippen MR) is 84.9 cm³/mol. The molecule has 0 unspecified atom stereocenters. The van der Waals surface area contributed by atoms with E-state index in [0.717, 1.165) is 22.4 Å². The molecule has 3 N–H and O–H groups in total. The number of hydrogen-bond donors (Lipinski definition) is 2. The highest BCUT2D eigenvalue weighted by Gasteiger charge is 2.10. The molecule has 0 saturated carbocycles. The number of aryl methyl sites for hydroxylation is 1. The van der Waals surface area contributed by atoms with E-state index in [1.807, 2.05) is 31.3 Å². The van der Waals surface area contributed by atoms with Gasteiger partial charge in [0.25, 0.3) is 0 Å². The first-order valence-corrected chi connectivity index (χ1v) is 6.11. The molecule has 0 radical (unpaired) electrons. The Morgan fingerprint density at radius 3 is 2.80 bits per heavy atom. The number of halogens is 2. The third kappa shape index (κ3) is 2.50. The summed E-state index contributed by atoms with van der Waals surface area (Å²) >= 11 is 6.28. The zero-order chi connectivity index (χ0) is 13.4. The van der Waals surface area contributed by atoms with Crippen LogP contribution >= 0.6 is 24.0 Å². The van der Waals surface area contributed by atoms with Gasteiger partial charge in [0.15, 0.2) is 0 Å². The number of hydrogen-bond acceptors (Lipinski definition) is 4. The topological polar surface area (TPSA) is 68.8 Å². The number of anilines is 3. The van der Waals surface area contributed by atoms with Crippen molar-refractivity contribution in [1.82, 2.24) is 14.5 Å². The predicted octanol–water partition coefficient (Wildman–Crippen LogP) is 3.37. The Morgan fingerprint density at radius 2 is 2.10 bits per heavy atom. The van der Waals surface area contributed by atoms with Gasteiger partial charge in [-0.3, -0.25) is 4.98 Å². The van der Waals surface area contributed by atoms with Crippen molar-refractivity contribution in [2.75, 3.05) is 11.1 Å². The number of fused-ring (bicyclic) bond motifs is 1. The zero-order valence-electron chi connectivity index (χ0n) is 10.7. The fraction of sp³-hybridized carbons (Fsp3) is 0.0769. The molecule has 2 heterocycles. The third-order valence-corrected chi connectivity index (χ3v) is 3.20. The van der Waals surface area contributed by atoms with Crippen molar-refractivity contribution in [3.63, 3.8) is 0 Å². The molecular weight excluding hydrogens is 297 g/mol. The number of benzene rings is 1. The maximum absolute atomic E-state index is 6.28. The van der Waals surface area contributed by atoms with Crippen LogP contribution in [0.1, 0.15) is 0 Å². The largest absolute Gasteiger partial charge is 0.369 e. The lowest BCUT2D eigenvalue weighted by atomic mass is 10.2. The molecule has 20 heavy (non-hydrogen) atoms. The number of aromatic nitrogens is 3. The van der Waals surface area contributed by atoms with E-state index in [4.69, 9.17) is 17.3 Å². The summed E-state index contributed by atoms with van der Waals surface area (Å²) in [5.41, 5.74) is 9.12. The summed E-state index contributed by atoms with van der Waals surface area (Å²) < 4.78 is 1.77. The van der Waals surface area contributed by atoms with Gasteiger partial charge in [0.2, 0.25) is 5.95 Å². The smallest absolute Gasteiger partial charge is 0.200 e. The number of pyridine rings is 1. The van der Waals surface area contributed by atoms with Gasteiger partial charge in [-0.1, -0.05) is 11.6 Å². The van der Waals surface area contributed by atoms with Crippen molar-refractivity contribution in [3.8, 4) is 0 Å². The molecule has 3 rings (SSSR count). The Kier molecular flexibility index (Phi) is 4.01. The molecule has 0 aliphatic heterocycles. The Bertz CT molecular complexity index is 739. The van der Waals surface area contributed by atoms with Crippen LogP contribution in [0.5, 0.6) is 0 Å². The summed E-state index contributed by atoms with van der Waals surface area (Å²) in [7, 11) is 1.84. The highest BCUT2D eigenvalue weighted by molar-refractivity contribution is 6.35. The number of nitrogens with two attached hydrogens (primary N) is 1. The Hall–Kier alpha value is -1.98. The first-order valence-electron chi connectivity index (χ1n) is 5.73. The summed E-state index contributed by atoms with van der Waals surface area (Å²) in [5, 5.41) is 3.84. The maximum Gasteiger partial charge on any atom is 0.200 e. The molecule has 3 aromatic rings. The number of rotatable bonds is 2. The van der Waals surface area contributed by atoms with Gasteiger partial charge in [-0.15, -0.1) is 12.4 Å². The zero-order valence-corrected chi connectivity index (χ0v) is 12.2. The van der Waals surface area contributed by atoms with E-state index in [1.54, 1.807) is 17.0 Å². The van der Waals surface area contributed by atoms with Gasteiger partial charge in [-0.05, 0) is 24.3 Å². The lowest BCUT2D eigenvalue weighted by molar-refractivity contribution is 0.965. The van der Waals surface area contributed by atoms with E-state index < -0.39 is 0 Å². The summed E-state index contributed by atoms with van der Waals surface area (Å²) in [5.74, 6) is 0.440. The van der Waals surface area contributed by atoms with Crippen LogP contribution in [0, 0.1) is 0 Å². The van der Waals surface area contributed by atoms with Crippen LogP contribution in [0.4, 0.5) is 17.3 Å². The van der Waals surface area contributed by atoms with Gasteiger partial charge >= 0.3 is 0 Å². The van der Waals surface area contributed by atoms with E-state index >= 15 is 0 Å². The van der Waals surface area contributed by atoms with E-state index in [-0.39, 0.29) is 12.4 Å². The van der Waals surface area contributed by atoms with Gasteiger partial charge in [0, 0.05) is 18.9 Å². The molecule has 2 aromatic heterocycles. The van der Waals surface area contributed by atoms with Crippen LogP contribution in [0.3, 0.4) is 0 Å². The van der Waals surface area contributed by atoms with Crippen molar-refractivity contribution in [2.24, 2.45) is 7.05 Å². The minimum Gasteiger partial charge on any atom is -0.369 e. The van der Waals surface area contributed by atoms with Crippen molar-refractivity contribution < 1.29 is 0 Å². The van der Waals surface area contributed by atoms with Gasteiger partial charge < -0.3 is 15.6 Å². The highest BCUT2D eigenvalue weighted by atomic mass is 35.5. The lowest BCUT2D eigenvalue weighted by Crippen LogP contribution is -1.96. The van der Waals surface area contributed by atoms with E-state index in [9.17, 15) is 0 Å². The summed E-state index contributed by atoms with van der Waals surface area (Å²) in [6, 6.07) is 7.54. The van der Waals surface area contributed by atoms with E-state index in [0.29, 0.717) is 11.0 Å². The van der Waals surface area contributed by atoms with Crippen LogP contribution in [0.2, 0.25) is 5.02 Å². The molecule has 0 bridgehead atoms. The highest BCUT2D eigenvalue weighted by Crippen LogP contribution is 2.30. The van der Waals surface area contributed by atoms with Crippen LogP contribution in [-0.2, 0) is 7.05 Å².